The minimum atomic E-state index is 0.667. The summed E-state index contributed by atoms with van der Waals surface area (Å²) < 4.78 is 0. The van der Waals surface area contributed by atoms with E-state index < -0.39 is 0 Å². The molecule has 0 aliphatic carbocycles. The number of hydrogen-bond donors (Lipinski definition) is 0. The van der Waals surface area contributed by atoms with E-state index in [0.29, 0.717) is 11.4 Å². The van der Waals surface area contributed by atoms with Crippen LogP contribution in [0.3, 0.4) is 0 Å². The highest BCUT2D eigenvalue weighted by molar-refractivity contribution is 6.35. The number of nitrogens with zero attached hydrogens (tertiary/aromatic N) is 2. The summed E-state index contributed by atoms with van der Waals surface area (Å²) in [5.74, 6) is 0. The van der Waals surface area contributed by atoms with E-state index in [1.807, 2.05) is 12.1 Å². The van der Waals surface area contributed by atoms with E-state index in [1.165, 1.54) is 0 Å². The van der Waals surface area contributed by atoms with Crippen molar-refractivity contribution in [1.29, 1.82) is 0 Å². The molecule has 0 bridgehead atoms. The minimum Gasteiger partial charge on any atom is -0.303 e. The molecule has 1 heterocycles. The second-order valence-electron chi connectivity index (χ2n) is 5.16. The molecule has 1 fully saturated rings. The Balaban J connectivity index is 1.78. The average Bonchev–Trinajstić information content (AvgIpc) is 2.44. The lowest BCUT2D eigenvalue weighted by Gasteiger charge is -2.34. The summed E-state index contributed by atoms with van der Waals surface area (Å²) in [6, 6.07) is 5.69. The molecule has 0 aromatic heterocycles. The monoisotopic (exact) mass is 314 g/mol. The molecule has 1 aromatic rings. The first-order valence-corrected chi connectivity index (χ1v) is 7.77. The van der Waals surface area contributed by atoms with Crippen LogP contribution in [0.25, 0.3) is 0 Å². The van der Waals surface area contributed by atoms with Gasteiger partial charge in [0.1, 0.15) is 6.29 Å². The third kappa shape index (κ3) is 4.74. The zero-order valence-corrected chi connectivity index (χ0v) is 13.0. The molecule has 110 valence electrons. The molecule has 1 aliphatic rings. The van der Waals surface area contributed by atoms with Gasteiger partial charge < -0.3 is 9.69 Å². The maximum Gasteiger partial charge on any atom is 0.120 e. The average molecular weight is 315 g/mol. The largest absolute Gasteiger partial charge is 0.303 e. The zero-order chi connectivity index (χ0) is 14.4. The second-order valence-corrected chi connectivity index (χ2v) is 6.01. The highest BCUT2D eigenvalue weighted by Gasteiger charge is 2.17. The van der Waals surface area contributed by atoms with Gasteiger partial charge >= 0.3 is 0 Å². The molecule has 3 nitrogen and oxygen atoms in total. The Morgan fingerprint density at radius 1 is 1.10 bits per heavy atom. The quantitative estimate of drug-likeness (QED) is 0.595. The van der Waals surface area contributed by atoms with Crippen molar-refractivity contribution in [3.8, 4) is 0 Å². The molecule has 1 aromatic carbocycles. The highest BCUT2D eigenvalue weighted by atomic mass is 35.5. The lowest BCUT2D eigenvalue weighted by molar-refractivity contribution is -0.108. The normalized spacial score (nSPS) is 17.3. The fourth-order valence-corrected chi connectivity index (χ4v) is 2.93. The van der Waals surface area contributed by atoms with Gasteiger partial charge in [0, 0.05) is 49.2 Å². The van der Waals surface area contributed by atoms with Gasteiger partial charge in [-0.05, 0) is 30.7 Å². The van der Waals surface area contributed by atoms with Crippen LogP contribution in [0.1, 0.15) is 18.4 Å². The summed E-state index contributed by atoms with van der Waals surface area (Å²) in [7, 11) is 0. The minimum absolute atomic E-state index is 0.667. The van der Waals surface area contributed by atoms with Crippen LogP contribution < -0.4 is 0 Å². The summed E-state index contributed by atoms with van der Waals surface area (Å²) in [4.78, 5) is 15.1. The molecule has 20 heavy (non-hydrogen) atoms. The summed E-state index contributed by atoms with van der Waals surface area (Å²) >= 11 is 12.1. The number of rotatable bonds is 6. The number of benzene rings is 1. The standard InChI is InChI=1S/C15H20Cl2N2O/c16-14-4-3-13(15(17)11-14)12-19-8-6-18(7-9-19)5-1-2-10-20/h3-4,10-11H,1-2,5-9,12H2. The van der Waals surface area contributed by atoms with Crippen molar-refractivity contribution in [3.63, 3.8) is 0 Å². The van der Waals surface area contributed by atoms with Crippen LogP contribution in [0, 0.1) is 0 Å². The van der Waals surface area contributed by atoms with Crippen molar-refractivity contribution in [2.75, 3.05) is 32.7 Å². The van der Waals surface area contributed by atoms with Gasteiger partial charge in [0.25, 0.3) is 0 Å². The lowest BCUT2D eigenvalue weighted by Crippen LogP contribution is -2.46. The molecule has 0 N–H and O–H groups in total. The van der Waals surface area contributed by atoms with Crippen molar-refractivity contribution < 1.29 is 4.79 Å². The maximum atomic E-state index is 10.3. The highest BCUT2D eigenvalue weighted by Crippen LogP contribution is 2.22. The fourth-order valence-electron chi connectivity index (χ4n) is 2.46. The Morgan fingerprint density at radius 3 is 2.45 bits per heavy atom. The summed E-state index contributed by atoms with van der Waals surface area (Å²) in [5.41, 5.74) is 1.13. The Kier molecular flexibility index (Phi) is 6.30. The van der Waals surface area contributed by atoms with Crippen LogP contribution in [0.15, 0.2) is 18.2 Å². The van der Waals surface area contributed by atoms with Gasteiger partial charge in [-0.25, -0.2) is 0 Å². The molecule has 1 saturated heterocycles. The van der Waals surface area contributed by atoms with E-state index in [9.17, 15) is 4.79 Å². The van der Waals surface area contributed by atoms with E-state index in [4.69, 9.17) is 23.2 Å². The van der Waals surface area contributed by atoms with Crippen molar-refractivity contribution in [3.05, 3.63) is 33.8 Å². The molecule has 0 amide bonds. The molecule has 0 unspecified atom stereocenters. The first-order chi connectivity index (χ1) is 9.69. The first kappa shape index (κ1) is 15.8. The zero-order valence-electron chi connectivity index (χ0n) is 11.5. The Morgan fingerprint density at radius 2 is 1.80 bits per heavy atom. The maximum absolute atomic E-state index is 10.3. The smallest absolute Gasteiger partial charge is 0.120 e. The Hall–Kier alpha value is -0.610. The van der Waals surface area contributed by atoms with Gasteiger partial charge in [0.05, 0.1) is 0 Å². The molecule has 1 aliphatic heterocycles. The summed E-state index contributed by atoms with van der Waals surface area (Å²) in [6.07, 6.45) is 2.63. The van der Waals surface area contributed by atoms with Crippen molar-refractivity contribution in [2.24, 2.45) is 0 Å². The van der Waals surface area contributed by atoms with E-state index in [0.717, 1.165) is 62.6 Å². The van der Waals surface area contributed by atoms with E-state index in [1.54, 1.807) is 6.07 Å². The van der Waals surface area contributed by atoms with E-state index in [2.05, 4.69) is 9.80 Å². The van der Waals surface area contributed by atoms with Gasteiger partial charge in [-0.3, -0.25) is 4.90 Å². The number of halogens is 2. The first-order valence-electron chi connectivity index (χ1n) is 7.01. The van der Waals surface area contributed by atoms with E-state index >= 15 is 0 Å². The summed E-state index contributed by atoms with van der Waals surface area (Å²) in [6.45, 7) is 6.10. The number of carbonyl (C=O) groups excluding carboxylic acids is 1. The number of hydrogen-bond acceptors (Lipinski definition) is 3. The molecule has 0 saturated carbocycles. The van der Waals surface area contributed by atoms with Crippen molar-refractivity contribution in [2.45, 2.75) is 19.4 Å². The molecule has 0 radical (unpaired) electrons. The third-order valence-electron chi connectivity index (χ3n) is 3.67. The van der Waals surface area contributed by atoms with Gasteiger partial charge in [-0.2, -0.15) is 0 Å². The number of carbonyl (C=O) groups is 1. The number of unbranched alkanes of at least 4 members (excludes halogenated alkanes) is 1. The van der Waals surface area contributed by atoms with Crippen LogP contribution in [-0.4, -0.2) is 48.8 Å². The van der Waals surface area contributed by atoms with Crippen LogP contribution in [-0.2, 0) is 11.3 Å². The topological polar surface area (TPSA) is 23.6 Å². The van der Waals surface area contributed by atoms with Crippen LogP contribution >= 0.6 is 23.2 Å². The number of piperazine rings is 1. The van der Waals surface area contributed by atoms with Gasteiger partial charge in [-0.1, -0.05) is 29.3 Å². The molecule has 0 atom stereocenters. The molecule has 5 heteroatoms. The van der Waals surface area contributed by atoms with Gasteiger partial charge in [-0.15, -0.1) is 0 Å². The lowest BCUT2D eigenvalue weighted by atomic mass is 10.2. The third-order valence-corrected chi connectivity index (χ3v) is 4.26. The predicted molar refractivity (Wildman–Crippen MR) is 83.5 cm³/mol. The summed E-state index contributed by atoms with van der Waals surface area (Å²) in [5, 5.41) is 1.42. The molecular weight excluding hydrogens is 295 g/mol. The van der Waals surface area contributed by atoms with Gasteiger partial charge in [0.2, 0.25) is 0 Å². The number of aldehydes is 1. The fraction of sp³-hybridized carbons (Fsp3) is 0.533. The Labute approximate surface area is 130 Å². The van der Waals surface area contributed by atoms with Crippen molar-refractivity contribution in [1.82, 2.24) is 9.80 Å². The van der Waals surface area contributed by atoms with Gasteiger partial charge in [0.15, 0.2) is 0 Å². The van der Waals surface area contributed by atoms with Crippen LogP contribution in [0.4, 0.5) is 0 Å². The molecular formula is C15H20Cl2N2O. The SMILES string of the molecule is O=CCCCN1CCN(Cc2ccc(Cl)cc2Cl)CC1. The molecule has 0 spiro atoms. The van der Waals surface area contributed by atoms with E-state index in [-0.39, 0.29) is 0 Å². The van der Waals surface area contributed by atoms with Crippen molar-refractivity contribution >= 4 is 29.5 Å². The Bertz CT molecular complexity index is 445. The second kappa shape index (κ2) is 7.99. The van der Waals surface area contributed by atoms with Crippen LogP contribution in [0.2, 0.25) is 10.0 Å². The van der Waals surface area contributed by atoms with Crippen LogP contribution in [0.5, 0.6) is 0 Å². The predicted octanol–water partition coefficient (Wildman–Crippen LogP) is 3.09. The molecule has 2 rings (SSSR count).